The van der Waals surface area contributed by atoms with Crippen LogP contribution in [0.3, 0.4) is 0 Å². The second-order valence-corrected chi connectivity index (χ2v) is 7.59. The van der Waals surface area contributed by atoms with Crippen LogP contribution in [0.15, 0.2) is 54.6 Å². The molecule has 2 amide bonds. The molecule has 2 aromatic carbocycles. The number of rotatable bonds is 9. The average Bonchev–Trinajstić information content (AvgIpc) is 2.69. The Kier molecular flexibility index (Phi) is 8.69. The van der Waals surface area contributed by atoms with Crippen molar-refractivity contribution in [2.45, 2.75) is 25.1 Å². The molecule has 0 fully saturated rings. The van der Waals surface area contributed by atoms with E-state index in [1.54, 1.807) is 18.9 Å². The fourth-order valence-electron chi connectivity index (χ4n) is 2.73. The maximum Gasteiger partial charge on any atom is 0.242 e. The maximum absolute atomic E-state index is 12.8. The van der Waals surface area contributed by atoms with Gasteiger partial charge in [0.15, 0.2) is 0 Å². The van der Waals surface area contributed by atoms with Crippen molar-refractivity contribution in [3.63, 3.8) is 0 Å². The summed E-state index contributed by atoms with van der Waals surface area (Å²) in [6, 6.07) is 17.1. The van der Waals surface area contributed by atoms with Crippen molar-refractivity contribution in [2.75, 3.05) is 19.3 Å². The standard InChI is InChI=1S/C21H25ClN2O2S/c1-16(21(26)23-2)24(13-12-17-8-4-3-5-9-17)20(25)15-27-14-18-10-6-7-11-19(18)22/h3-11,16H,12-15H2,1-2H3,(H,23,26)/t16-/m0/s1. The number of nitrogens with zero attached hydrogens (tertiary/aromatic N) is 1. The molecule has 0 bridgehead atoms. The van der Waals surface area contributed by atoms with E-state index in [9.17, 15) is 9.59 Å². The van der Waals surface area contributed by atoms with Gasteiger partial charge in [-0.3, -0.25) is 9.59 Å². The van der Waals surface area contributed by atoms with E-state index in [1.807, 2.05) is 54.6 Å². The van der Waals surface area contributed by atoms with E-state index < -0.39 is 6.04 Å². The topological polar surface area (TPSA) is 49.4 Å². The zero-order valence-corrected chi connectivity index (χ0v) is 17.2. The second kappa shape index (κ2) is 11.0. The number of hydrogen-bond donors (Lipinski definition) is 1. The summed E-state index contributed by atoms with van der Waals surface area (Å²) in [5.41, 5.74) is 2.15. The van der Waals surface area contributed by atoms with Gasteiger partial charge in [-0.15, -0.1) is 11.8 Å². The third-order valence-electron chi connectivity index (χ3n) is 4.34. The number of amides is 2. The molecular formula is C21H25ClN2O2S. The summed E-state index contributed by atoms with van der Waals surface area (Å²) in [6.07, 6.45) is 0.711. The van der Waals surface area contributed by atoms with Crippen LogP contribution >= 0.6 is 23.4 Å². The van der Waals surface area contributed by atoms with Crippen LogP contribution in [0, 0.1) is 0 Å². The van der Waals surface area contributed by atoms with Gasteiger partial charge < -0.3 is 10.2 Å². The predicted molar refractivity (Wildman–Crippen MR) is 113 cm³/mol. The van der Waals surface area contributed by atoms with E-state index in [-0.39, 0.29) is 11.8 Å². The minimum absolute atomic E-state index is 0.0425. The number of nitrogens with one attached hydrogen (secondary N) is 1. The lowest BCUT2D eigenvalue weighted by Gasteiger charge is -2.28. The molecule has 0 radical (unpaired) electrons. The van der Waals surface area contributed by atoms with Gasteiger partial charge in [-0.25, -0.2) is 0 Å². The zero-order valence-electron chi connectivity index (χ0n) is 15.7. The Bertz CT molecular complexity index is 755. The monoisotopic (exact) mass is 404 g/mol. The van der Waals surface area contributed by atoms with Gasteiger partial charge in [-0.2, -0.15) is 0 Å². The third kappa shape index (κ3) is 6.60. The molecule has 2 aromatic rings. The average molecular weight is 405 g/mol. The fourth-order valence-corrected chi connectivity index (χ4v) is 3.92. The number of hydrogen-bond acceptors (Lipinski definition) is 3. The Hall–Kier alpha value is -1.98. The highest BCUT2D eigenvalue weighted by molar-refractivity contribution is 7.99. The Morgan fingerprint density at radius 3 is 2.44 bits per heavy atom. The number of halogens is 1. The molecule has 0 aromatic heterocycles. The Morgan fingerprint density at radius 1 is 1.11 bits per heavy atom. The van der Waals surface area contributed by atoms with Crippen molar-refractivity contribution in [3.8, 4) is 0 Å². The molecule has 0 aliphatic heterocycles. The van der Waals surface area contributed by atoms with E-state index in [1.165, 1.54) is 11.8 Å². The first-order chi connectivity index (χ1) is 13.0. The van der Waals surface area contributed by atoms with Gasteiger partial charge in [-0.05, 0) is 30.5 Å². The van der Waals surface area contributed by atoms with Gasteiger partial charge in [0.05, 0.1) is 5.75 Å². The van der Waals surface area contributed by atoms with Crippen molar-refractivity contribution in [2.24, 2.45) is 0 Å². The van der Waals surface area contributed by atoms with Crippen LogP contribution in [0.5, 0.6) is 0 Å². The van der Waals surface area contributed by atoms with Gasteiger partial charge in [0, 0.05) is 24.4 Å². The molecule has 0 heterocycles. The predicted octanol–water partition coefficient (Wildman–Crippen LogP) is 3.78. The van der Waals surface area contributed by atoms with Crippen molar-refractivity contribution in [1.29, 1.82) is 0 Å². The van der Waals surface area contributed by atoms with Crippen LogP contribution < -0.4 is 5.32 Å². The lowest BCUT2D eigenvalue weighted by atomic mass is 10.1. The maximum atomic E-state index is 12.8. The second-order valence-electron chi connectivity index (χ2n) is 6.20. The van der Waals surface area contributed by atoms with E-state index >= 15 is 0 Å². The summed E-state index contributed by atoms with van der Waals surface area (Å²) >= 11 is 7.68. The van der Waals surface area contributed by atoms with Crippen molar-refractivity contribution >= 4 is 35.2 Å². The SMILES string of the molecule is CNC(=O)[C@H](C)N(CCc1ccccc1)C(=O)CSCc1ccccc1Cl. The third-order valence-corrected chi connectivity index (χ3v) is 5.67. The molecule has 6 heteroatoms. The Balaban J connectivity index is 1.97. The molecule has 0 aliphatic rings. The molecule has 2 rings (SSSR count). The Morgan fingerprint density at radius 2 is 1.78 bits per heavy atom. The number of likely N-dealkylation sites (N-methyl/N-ethyl adjacent to an activating group) is 1. The highest BCUT2D eigenvalue weighted by Gasteiger charge is 2.24. The number of carbonyl (C=O) groups excluding carboxylic acids is 2. The number of carbonyl (C=O) groups is 2. The van der Waals surface area contributed by atoms with Gasteiger partial charge in [0.25, 0.3) is 0 Å². The highest BCUT2D eigenvalue weighted by Crippen LogP contribution is 2.21. The zero-order chi connectivity index (χ0) is 19.6. The molecular weight excluding hydrogens is 380 g/mol. The minimum Gasteiger partial charge on any atom is -0.357 e. The van der Waals surface area contributed by atoms with Crippen molar-refractivity contribution in [3.05, 3.63) is 70.7 Å². The first-order valence-corrected chi connectivity index (χ1v) is 10.4. The molecule has 1 N–H and O–H groups in total. The van der Waals surface area contributed by atoms with Crippen molar-refractivity contribution in [1.82, 2.24) is 10.2 Å². The van der Waals surface area contributed by atoms with Crippen LogP contribution in [-0.2, 0) is 21.8 Å². The first kappa shape index (κ1) is 21.3. The minimum atomic E-state index is -0.507. The largest absolute Gasteiger partial charge is 0.357 e. The lowest BCUT2D eigenvalue weighted by molar-refractivity contribution is -0.137. The molecule has 0 saturated heterocycles. The van der Waals surface area contributed by atoms with E-state index in [0.717, 1.165) is 11.1 Å². The lowest BCUT2D eigenvalue weighted by Crippen LogP contribution is -2.48. The summed E-state index contributed by atoms with van der Waals surface area (Å²) in [4.78, 5) is 26.5. The van der Waals surface area contributed by atoms with Gasteiger partial charge in [0.1, 0.15) is 6.04 Å². The summed E-state index contributed by atoms with van der Waals surface area (Å²) < 4.78 is 0. The van der Waals surface area contributed by atoms with Crippen molar-refractivity contribution < 1.29 is 9.59 Å². The summed E-state index contributed by atoms with van der Waals surface area (Å²) in [7, 11) is 1.59. The van der Waals surface area contributed by atoms with Crippen LogP contribution in [-0.4, -0.2) is 42.1 Å². The van der Waals surface area contributed by atoms with Crippen LogP contribution in [0.1, 0.15) is 18.1 Å². The fraction of sp³-hybridized carbons (Fsp3) is 0.333. The normalized spacial score (nSPS) is 11.7. The van der Waals surface area contributed by atoms with E-state index in [0.29, 0.717) is 29.5 Å². The molecule has 0 spiro atoms. The van der Waals surface area contributed by atoms with E-state index in [2.05, 4.69) is 5.32 Å². The summed E-state index contributed by atoms with van der Waals surface area (Å²) in [6.45, 7) is 2.27. The highest BCUT2D eigenvalue weighted by atomic mass is 35.5. The molecule has 144 valence electrons. The van der Waals surface area contributed by atoms with E-state index in [4.69, 9.17) is 11.6 Å². The molecule has 27 heavy (non-hydrogen) atoms. The molecule has 0 saturated carbocycles. The number of thioether (sulfide) groups is 1. The Labute approximate surface area is 170 Å². The molecule has 4 nitrogen and oxygen atoms in total. The van der Waals surface area contributed by atoms with Crippen LogP contribution in [0.2, 0.25) is 5.02 Å². The van der Waals surface area contributed by atoms with Gasteiger partial charge in [0.2, 0.25) is 11.8 Å². The summed E-state index contributed by atoms with van der Waals surface area (Å²) in [5.74, 6) is 0.764. The van der Waals surface area contributed by atoms with Crippen LogP contribution in [0.4, 0.5) is 0 Å². The molecule has 1 atom stereocenters. The van der Waals surface area contributed by atoms with Gasteiger partial charge >= 0.3 is 0 Å². The number of benzene rings is 2. The quantitative estimate of drug-likeness (QED) is 0.691. The smallest absolute Gasteiger partial charge is 0.242 e. The van der Waals surface area contributed by atoms with Crippen LogP contribution in [0.25, 0.3) is 0 Å². The summed E-state index contributed by atoms with van der Waals surface area (Å²) in [5, 5.41) is 3.34. The first-order valence-electron chi connectivity index (χ1n) is 8.89. The molecule has 0 aliphatic carbocycles. The van der Waals surface area contributed by atoms with Gasteiger partial charge in [-0.1, -0.05) is 60.1 Å². The molecule has 0 unspecified atom stereocenters.